The number of amides is 1. The van der Waals surface area contributed by atoms with Crippen LogP contribution in [0.3, 0.4) is 0 Å². The second-order valence-corrected chi connectivity index (χ2v) is 7.42. The van der Waals surface area contributed by atoms with E-state index >= 15 is 0 Å². The number of carbonyl (C=O) groups excluding carboxylic acids is 1. The first kappa shape index (κ1) is 19.0. The molecular formula is C21H21ClN6O. The van der Waals surface area contributed by atoms with Crippen LogP contribution in [0.1, 0.15) is 18.5 Å². The molecule has 1 aliphatic heterocycles. The van der Waals surface area contributed by atoms with Crippen LogP contribution in [-0.4, -0.2) is 34.8 Å². The van der Waals surface area contributed by atoms with Gasteiger partial charge in [-0.05, 0) is 36.8 Å². The molecule has 0 aliphatic carbocycles. The van der Waals surface area contributed by atoms with Crippen molar-refractivity contribution in [3.63, 3.8) is 0 Å². The van der Waals surface area contributed by atoms with Crippen molar-refractivity contribution in [2.75, 3.05) is 29.6 Å². The van der Waals surface area contributed by atoms with Crippen molar-refractivity contribution in [1.82, 2.24) is 14.8 Å². The first-order valence-electron chi connectivity index (χ1n) is 9.16. The van der Waals surface area contributed by atoms with Crippen molar-refractivity contribution in [3.8, 4) is 0 Å². The monoisotopic (exact) mass is 408 g/mol. The lowest BCUT2D eigenvalue weighted by molar-refractivity contribution is -0.113. The fraction of sp³-hybridized carbons (Fsp3) is 0.190. The number of nitrogens with zero attached hydrogens (tertiary/aromatic N) is 4. The Morgan fingerprint density at radius 1 is 1.17 bits per heavy atom. The van der Waals surface area contributed by atoms with Gasteiger partial charge in [-0.3, -0.25) is 4.79 Å². The second-order valence-electron chi connectivity index (χ2n) is 7.01. The number of halogens is 1. The summed E-state index contributed by atoms with van der Waals surface area (Å²) in [5.74, 6) is 0.351. The standard InChI is InChI=1S/C21H21ClN6O/c1-13-18(20(29)26-17-7-5-4-6-16(17)22)19(28-21(25-13)23-12-24-28)14-8-10-15(11-9-14)27(2)3/h4-12,19H,1-3H3,(H,26,29)(H,23,24,25)/t19-/m0/s1. The Morgan fingerprint density at radius 3 is 2.59 bits per heavy atom. The van der Waals surface area contributed by atoms with Gasteiger partial charge in [0.25, 0.3) is 5.91 Å². The molecule has 4 rings (SSSR count). The number of para-hydroxylation sites is 1. The van der Waals surface area contributed by atoms with E-state index in [4.69, 9.17) is 11.6 Å². The minimum absolute atomic E-state index is 0.245. The molecule has 2 heterocycles. The second kappa shape index (κ2) is 7.60. The van der Waals surface area contributed by atoms with Crippen LogP contribution in [0.15, 0.2) is 66.1 Å². The summed E-state index contributed by atoms with van der Waals surface area (Å²) < 4.78 is 1.72. The molecule has 0 bridgehead atoms. The third-order valence-electron chi connectivity index (χ3n) is 4.89. The van der Waals surface area contributed by atoms with E-state index in [-0.39, 0.29) is 5.91 Å². The van der Waals surface area contributed by atoms with Crippen molar-refractivity contribution < 1.29 is 4.79 Å². The number of hydrogen-bond acceptors (Lipinski definition) is 5. The van der Waals surface area contributed by atoms with Crippen molar-refractivity contribution in [2.24, 2.45) is 0 Å². The van der Waals surface area contributed by atoms with Crippen LogP contribution in [0.5, 0.6) is 0 Å². The predicted molar refractivity (Wildman–Crippen MR) is 115 cm³/mol. The largest absolute Gasteiger partial charge is 0.378 e. The fourth-order valence-electron chi connectivity index (χ4n) is 3.40. The molecule has 8 heteroatoms. The Bertz CT molecular complexity index is 1090. The summed E-state index contributed by atoms with van der Waals surface area (Å²) in [5, 5.41) is 10.9. The average molecular weight is 409 g/mol. The van der Waals surface area contributed by atoms with E-state index < -0.39 is 6.04 Å². The lowest BCUT2D eigenvalue weighted by Crippen LogP contribution is -2.31. The van der Waals surface area contributed by atoms with Crippen LogP contribution in [0.4, 0.5) is 17.3 Å². The molecule has 0 spiro atoms. The lowest BCUT2D eigenvalue weighted by Gasteiger charge is -2.29. The summed E-state index contributed by atoms with van der Waals surface area (Å²) in [7, 11) is 3.98. The molecule has 0 fully saturated rings. The molecule has 1 aromatic heterocycles. The molecule has 1 aliphatic rings. The highest BCUT2D eigenvalue weighted by Crippen LogP contribution is 2.36. The minimum Gasteiger partial charge on any atom is -0.378 e. The number of fused-ring (bicyclic) bond motifs is 1. The summed E-state index contributed by atoms with van der Waals surface area (Å²) in [6.07, 6.45) is 1.48. The summed E-state index contributed by atoms with van der Waals surface area (Å²) in [6, 6.07) is 14.8. The van der Waals surface area contributed by atoms with E-state index in [1.165, 1.54) is 6.33 Å². The average Bonchev–Trinajstić information content (AvgIpc) is 3.16. The van der Waals surface area contributed by atoms with Gasteiger partial charge in [0.2, 0.25) is 5.95 Å². The van der Waals surface area contributed by atoms with Gasteiger partial charge in [0.15, 0.2) is 0 Å². The number of allylic oxidation sites excluding steroid dienone is 1. The quantitative estimate of drug-likeness (QED) is 0.684. The number of benzene rings is 2. The SMILES string of the molecule is CC1=C(C(=O)Nc2ccccc2Cl)[C@H](c2ccc(N(C)C)cc2)n2ncnc2N1. The number of nitrogens with one attached hydrogen (secondary N) is 2. The number of hydrogen-bond donors (Lipinski definition) is 2. The molecule has 1 atom stereocenters. The maximum absolute atomic E-state index is 13.3. The molecular weight excluding hydrogens is 388 g/mol. The maximum atomic E-state index is 13.3. The smallest absolute Gasteiger partial charge is 0.255 e. The highest BCUT2D eigenvalue weighted by atomic mass is 35.5. The van der Waals surface area contributed by atoms with Gasteiger partial charge >= 0.3 is 0 Å². The molecule has 3 aromatic rings. The van der Waals surface area contributed by atoms with Gasteiger partial charge in [0.1, 0.15) is 12.4 Å². The Balaban J connectivity index is 1.75. The van der Waals surface area contributed by atoms with Gasteiger partial charge in [-0.2, -0.15) is 10.1 Å². The molecule has 0 radical (unpaired) electrons. The van der Waals surface area contributed by atoms with Crippen LogP contribution >= 0.6 is 11.6 Å². The van der Waals surface area contributed by atoms with Gasteiger partial charge in [-0.15, -0.1) is 0 Å². The van der Waals surface area contributed by atoms with Crippen LogP contribution < -0.4 is 15.5 Å². The Labute approximate surface area is 174 Å². The first-order chi connectivity index (χ1) is 14.0. The molecule has 1 amide bonds. The predicted octanol–water partition coefficient (Wildman–Crippen LogP) is 3.93. The summed E-state index contributed by atoms with van der Waals surface area (Å²) >= 11 is 6.23. The number of carbonyl (C=O) groups is 1. The number of aromatic nitrogens is 3. The molecule has 0 saturated heterocycles. The topological polar surface area (TPSA) is 75.1 Å². The summed E-state index contributed by atoms with van der Waals surface area (Å²) in [6.45, 7) is 1.86. The maximum Gasteiger partial charge on any atom is 0.255 e. The normalized spacial score (nSPS) is 15.5. The zero-order valence-corrected chi connectivity index (χ0v) is 17.1. The van der Waals surface area contributed by atoms with E-state index in [2.05, 4.69) is 20.7 Å². The van der Waals surface area contributed by atoms with E-state index in [0.29, 0.717) is 22.2 Å². The molecule has 0 unspecified atom stereocenters. The zero-order valence-electron chi connectivity index (χ0n) is 16.3. The van der Waals surface area contributed by atoms with Gasteiger partial charge in [-0.25, -0.2) is 4.68 Å². The Morgan fingerprint density at radius 2 is 1.90 bits per heavy atom. The van der Waals surface area contributed by atoms with E-state index in [1.54, 1.807) is 16.8 Å². The van der Waals surface area contributed by atoms with Crippen LogP contribution in [0.25, 0.3) is 0 Å². The zero-order chi connectivity index (χ0) is 20.5. The van der Waals surface area contributed by atoms with Gasteiger partial charge in [0.05, 0.1) is 16.3 Å². The number of anilines is 3. The van der Waals surface area contributed by atoms with Gasteiger partial charge in [-0.1, -0.05) is 35.9 Å². The summed E-state index contributed by atoms with van der Waals surface area (Å²) in [4.78, 5) is 19.6. The highest BCUT2D eigenvalue weighted by Gasteiger charge is 2.33. The van der Waals surface area contributed by atoms with Crippen molar-refractivity contribution in [3.05, 3.63) is 76.7 Å². The van der Waals surface area contributed by atoms with E-state index in [0.717, 1.165) is 16.9 Å². The Kier molecular flexibility index (Phi) is 4.98. The van der Waals surface area contributed by atoms with Crippen molar-refractivity contribution in [1.29, 1.82) is 0 Å². The van der Waals surface area contributed by atoms with Crippen LogP contribution in [-0.2, 0) is 4.79 Å². The number of rotatable bonds is 4. The van der Waals surface area contributed by atoms with E-state index in [1.807, 2.05) is 62.3 Å². The molecule has 29 heavy (non-hydrogen) atoms. The molecule has 148 valence electrons. The van der Waals surface area contributed by atoms with Crippen molar-refractivity contribution >= 4 is 34.8 Å². The minimum atomic E-state index is -0.410. The third kappa shape index (κ3) is 3.56. The molecule has 7 nitrogen and oxygen atoms in total. The van der Waals surface area contributed by atoms with Crippen molar-refractivity contribution in [2.45, 2.75) is 13.0 Å². The van der Waals surface area contributed by atoms with Crippen LogP contribution in [0.2, 0.25) is 5.02 Å². The molecule has 0 saturated carbocycles. The van der Waals surface area contributed by atoms with Crippen LogP contribution in [0, 0.1) is 0 Å². The highest BCUT2D eigenvalue weighted by molar-refractivity contribution is 6.33. The fourth-order valence-corrected chi connectivity index (χ4v) is 3.58. The molecule has 2 aromatic carbocycles. The summed E-state index contributed by atoms with van der Waals surface area (Å²) in [5.41, 5.74) is 3.85. The first-order valence-corrected chi connectivity index (χ1v) is 9.54. The molecule has 2 N–H and O–H groups in total. The van der Waals surface area contributed by atoms with Gasteiger partial charge in [0, 0.05) is 25.5 Å². The third-order valence-corrected chi connectivity index (χ3v) is 5.22. The van der Waals surface area contributed by atoms with Gasteiger partial charge < -0.3 is 15.5 Å². The van der Waals surface area contributed by atoms with E-state index in [9.17, 15) is 4.79 Å². The lowest BCUT2D eigenvalue weighted by atomic mass is 9.94. The Hall–Kier alpha value is -3.32.